The molecule has 2 rings (SSSR count). The summed E-state index contributed by atoms with van der Waals surface area (Å²) in [4.78, 5) is 25.6. The van der Waals surface area contributed by atoms with Crippen LogP contribution in [0.15, 0.2) is 24.3 Å². The largest absolute Gasteiger partial charge is 0.484 e. The lowest BCUT2D eigenvalue weighted by atomic mass is 10.00. The van der Waals surface area contributed by atoms with Crippen molar-refractivity contribution in [2.75, 3.05) is 38.2 Å². The third-order valence-corrected chi connectivity index (χ3v) is 4.38. The topological polar surface area (TPSA) is 67.9 Å². The van der Waals surface area contributed by atoms with E-state index in [9.17, 15) is 9.59 Å². The molecule has 25 heavy (non-hydrogen) atoms. The van der Waals surface area contributed by atoms with Gasteiger partial charge in [0.1, 0.15) is 5.75 Å². The van der Waals surface area contributed by atoms with Crippen molar-refractivity contribution in [1.82, 2.24) is 4.90 Å². The predicted octanol–water partition coefficient (Wildman–Crippen LogP) is 2.69. The maximum atomic E-state index is 12.4. The quantitative estimate of drug-likeness (QED) is 0.784. The Morgan fingerprint density at radius 1 is 1.20 bits per heavy atom. The lowest BCUT2D eigenvalue weighted by Crippen LogP contribution is -2.39. The van der Waals surface area contributed by atoms with Crippen LogP contribution in [-0.4, -0.2) is 49.6 Å². The van der Waals surface area contributed by atoms with Crippen LogP contribution in [0, 0.1) is 5.92 Å². The summed E-state index contributed by atoms with van der Waals surface area (Å²) in [5, 5.41) is 2.78. The summed E-state index contributed by atoms with van der Waals surface area (Å²) in [6, 6.07) is 7.06. The Bertz CT molecular complexity index is 553. The first-order valence-corrected chi connectivity index (χ1v) is 9.00. The van der Waals surface area contributed by atoms with E-state index in [1.165, 1.54) is 0 Å². The number of benzene rings is 1. The zero-order valence-corrected chi connectivity index (χ0v) is 15.1. The average molecular weight is 348 g/mol. The van der Waals surface area contributed by atoms with E-state index in [1.807, 2.05) is 11.8 Å². The Labute approximate surface area is 149 Å². The fraction of sp³-hybridized carbons (Fsp3) is 0.579. The zero-order valence-electron chi connectivity index (χ0n) is 15.1. The molecule has 6 nitrogen and oxygen atoms in total. The second-order valence-electron chi connectivity index (χ2n) is 6.20. The molecule has 1 aliphatic heterocycles. The Balaban J connectivity index is 1.80. The van der Waals surface area contributed by atoms with Crippen molar-refractivity contribution in [2.45, 2.75) is 33.1 Å². The first-order valence-electron chi connectivity index (χ1n) is 9.00. The number of anilines is 1. The lowest BCUT2D eigenvalue weighted by molar-refractivity contribution is -0.134. The highest BCUT2D eigenvalue weighted by atomic mass is 16.5. The second-order valence-corrected chi connectivity index (χ2v) is 6.20. The highest BCUT2D eigenvalue weighted by molar-refractivity contribution is 5.90. The van der Waals surface area contributed by atoms with E-state index in [2.05, 4.69) is 5.32 Å². The molecule has 0 unspecified atom stereocenters. The molecule has 6 heteroatoms. The van der Waals surface area contributed by atoms with E-state index in [0.29, 0.717) is 24.6 Å². The Morgan fingerprint density at radius 2 is 1.88 bits per heavy atom. The van der Waals surface area contributed by atoms with Crippen molar-refractivity contribution in [3.8, 4) is 5.75 Å². The van der Waals surface area contributed by atoms with Crippen LogP contribution in [0.5, 0.6) is 5.75 Å². The van der Waals surface area contributed by atoms with E-state index >= 15 is 0 Å². The molecular formula is C19H28N2O4. The van der Waals surface area contributed by atoms with Crippen molar-refractivity contribution in [2.24, 2.45) is 5.92 Å². The summed E-state index contributed by atoms with van der Waals surface area (Å²) in [5.74, 6) is 1.09. The minimum atomic E-state index is -0.0319. The average Bonchev–Trinajstić information content (AvgIpc) is 2.66. The number of hydrogen-bond donors (Lipinski definition) is 1. The number of nitrogens with one attached hydrogen (secondary N) is 1. The van der Waals surface area contributed by atoms with Gasteiger partial charge < -0.3 is 19.7 Å². The van der Waals surface area contributed by atoms with Gasteiger partial charge in [0, 0.05) is 38.4 Å². The van der Waals surface area contributed by atoms with Gasteiger partial charge in [-0.3, -0.25) is 9.59 Å². The predicted molar refractivity (Wildman–Crippen MR) is 96.7 cm³/mol. The molecule has 1 N–H and O–H groups in total. The Hall–Kier alpha value is -2.08. The molecule has 0 aliphatic carbocycles. The first-order chi connectivity index (χ1) is 12.1. The summed E-state index contributed by atoms with van der Waals surface area (Å²) in [6.45, 7) is 6.84. The molecule has 0 aromatic heterocycles. The van der Waals surface area contributed by atoms with Gasteiger partial charge in [0.05, 0.1) is 0 Å². The monoisotopic (exact) mass is 348 g/mol. The van der Waals surface area contributed by atoms with Crippen LogP contribution in [0.2, 0.25) is 0 Å². The third kappa shape index (κ3) is 6.38. The number of rotatable bonds is 8. The summed E-state index contributed by atoms with van der Waals surface area (Å²) in [6.07, 6.45) is 2.46. The van der Waals surface area contributed by atoms with E-state index in [-0.39, 0.29) is 18.4 Å². The zero-order chi connectivity index (χ0) is 18.1. The molecule has 2 amide bonds. The van der Waals surface area contributed by atoms with Gasteiger partial charge in [0.2, 0.25) is 5.91 Å². The molecule has 0 bridgehead atoms. The molecule has 0 radical (unpaired) electrons. The number of amides is 2. The number of ether oxygens (including phenoxy) is 2. The molecule has 1 aromatic carbocycles. The molecule has 0 saturated carbocycles. The van der Waals surface area contributed by atoms with E-state index in [4.69, 9.17) is 9.47 Å². The number of nitrogens with zero attached hydrogens (tertiary/aromatic N) is 1. The molecular weight excluding hydrogens is 320 g/mol. The highest BCUT2D eigenvalue weighted by Gasteiger charge is 2.20. The fourth-order valence-corrected chi connectivity index (χ4v) is 2.77. The van der Waals surface area contributed by atoms with Crippen LogP contribution in [-0.2, 0) is 14.3 Å². The second kappa shape index (κ2) is 10.0. The van der Waals surface area contributed by atoms with Gasteiger partial charge >= 0.3 is 0 Å². The Morgan fingerprint density at radius 3 is 2.48 bits per heavy atom. The molecule has 138 valence electrons. The summed E-state index contributed by atoms with van der Waals surface area (Å²) in [5.41, 5.74) is 0.722. The van der Waals surface area contributed by atoms with E-state index in [1.54, 1.807) is 31.2 Å². The summed E-state index contributed by atoms with van der Waals surface area (Å²) < 4.78 is 11.0. The number of carbonyl (C=O) groups excluding carboxylic acids is 2. The highest BCUT2D eigenvalue weighted by Crippen LogP contribution is 2.18. The Kier molecular flexibility index (Phi) is 7.73. The summed E-state index contributed by atoms with van der Waals surface area (Å²) >= 11 is 0. The van der Waals surface area contributed by atoms with Gasteiger partial charge in [-0.25, -0.2) is 0 Å². The van der Waals surface area contributed by atoms with Crippen molar-refractivity contribution in [1.29, 1.82) is 0 Å². The van der Waals surface area contributed by atoms with Gasteiger partial charge in [0.15, 0.2) is 6.61 Å². The van der Waals surface area contributed by atoms with Crippen molar-refractivity contribution < 1.29 is 19.1 Å². The van der Waals surface area contributed by atoms with Gasteiger partial charge in [-0.2, -0.15) is 0 Å². The molecule has 0 atom stereocenters. The van der Waals surface area contributed by atoms with Crippen LogP contribution in [0.4, 0.5) is 5.69 Å². The smallest absolute Gasteiger partial charge is 0.260 e. The molecule has 0 spiro atoms. The first kappa shape index (κ1) is 19.2. The van der Waals surface area contributed by atoms with E-state index in [0.717, 1.165) is 38.3 Å². The number of carbonyl (C=O) groups is 2. The number of likely N-dealkylation sites (N-methyl/N-ethyl adjacent to an activating group) is 1. The molecule has 1 aliphatic rings. The summed E-state index contributed by atoms with van der Waals surface area (Å²) in [7, 11) is 0. The third-order valence-electron chi connectivity index (χ3n) is 4.38. The maximum Gasteiger partial charge on any atom is 0.260 e. The SMILES string of the molecule is CCC(=O)Nc1ccc(OCC(=O)N(CC)CC2CCOCC2)cc1. The minimum absolute atomic E-state index is 0.00245. The normalized spacial score (nSPS) is 14.8. The standard InChI is InChI=1S/C19H28N2O4/c1-3-18(22)20-16-5-7-17(8-6-16)25-14-19(23)21(4-2)13-15-9-11-24-12-10-15/h5-8,15H,3-4,9-14H2,1-2H3,(H,20,22). The number of hydrogen-bond acceptors (Lipinski definition) is 4. The van der Waals surface area contributed by atoms with Crippen LogP contribution in [0.1, 0.15) is 33.1 Å². The molecule has 1 saturated heterocycles. The van der Waals surface area contributed by atoms with Gasteiger partial charge in [0.25, 0.3) is 5.91 Å². The molecule has 1 fully saturated rings. The molecule has 1 aromatic rings. The van der Waals surface area contributed by atoms with Gasteiger partial charge in [-0.05, 0) is 49.9 Å². The van der Waals surface area contributed by atoms with Gasteiger partial charge in [-0.1, -0.05) is 6.92 Å². The van der Waals surface area contributed by atoms with Crippen molar-refractivity contribution >= 4 is 17.5 Å². The van der Waals surface area contributed by atoms with E-state index < -0.39 is 0 Å². The van der Waals surface area contributed by atoms with Crippen molar-refractivity contribution in [3.05, 3.63) is 24.3 Å². The van der Waals surface area contributed by atoms with Gasteiger partial charge in [-0.15, -0.1) is 0 Å². The van der Waals surface area contributed by atoms with Crippen molar-refractivity contribution in [3.63, 3.8) is 0 Å². The van der Waals surface area contributed by atoms with Crippen LogP contribution in [0.25, 0.3) is 0 Å². The maximum absolute atomic E-state index is 12.4. The van der Waals surface area contributed by atoms with Crippen LogP contribution in [0.3, 0.4) is 0 Å². The van der Waals surface area contributed by atoms with Crippen LogP contribution >= 0.6 is 0 Å². The van der Waals surface area contributed by atoms with Crippen LogP contribution < -0.4 is 10.1 Å². The minimum Gasteiger partial charge on any atom is -0.484 e. The fourth-order valence-electron chi connectivity index (χ4n) is 2.77. The lowest BCUT2D eigenvalue weighted by Gasteiger charge is -2.29. The molecule has 1 heterocycles.